The molecule has 0 aliphatic carbocycles. The Hall–Kier alpha value is -4.00. The molecule has 7 nitrogen and oxygen atoms in total. The molecule has 2 heterocycles. The first-order valence-electron chi connectivity index (χ1n) is 9.28. The van der Waals surface area contributed by atoms with Crippen LogP contribution in [0.3, 0.4) is 0 Å². The maximum absolute atomic E-state index is 12.1. The third-order valence-corrected chi connectivity index (χ3v) is 4.39. The van der Waals surface area contributed by atoms with E-state index >= 15 is 0 Å². The third kappa shape index (κ3) is 4.84. The number of amides is 2. The van der Waals surface area contributed by atoms with Crippen LogP contribution >= 0.6 is 0 Å². The van der Waals surface area contributed by atoms with Crippen LogP contribution in [0.2, 0.25) is 0 Å². The van der Waals surface area contributed by atoms with Gasteiger partial charge < -0.3 is 16.0 Å². The largest absolute Gasteiger partial charge is 0.369 e. The number of carbonyl (C=O) groups is 1. The summed E-state index contributed by atoms with van der Waals surface area (Å²) in [5.41, 5.74) is 3.46. The van der Waals surface area contributed by atoms with Gasteiger partial charge in [0, 0.05) is 29.5 Å². The van der Waals surface area contributed by atoms with Crippen molar-refractivity contribution in [2.75, 3.05) is 22.5 Å². The predicted octanol–water partition coefficient (Wildman–Crippen LogP) is 4.32. The summed E-state index contributed by atoms with van der Waals surface area (Å²) in [7, 11) is 0. The fourth-order valence-electron chi connectivity index (χ4n) is 2.94. The van der Waals surface area contributed by atoms with Crippen molar-refractivity contribution in [1.82, 2.24) is 15.0 Å². The number of hydrogen-bond acceptors (Lipinski definition) is 5. The summed E-state index contributed by atoms with van der Waals surface area (Å²) in [6.45, 7) is 0.732. The lowest BCUT2D eigenvalue weighted by molar-refractivity contribution is 0.262. The highest BCUT2D eigenvalue weighted by atomic mass is 16.2. The van der Waals surface area contributed by atoms with Gasteiger partial charge >= 0.3 is 6.03 Å². The zero-order chi connectivity index (χ0) is 19.9. The van der Waals surface area contributed by atoms with E-state index in [4.69, 9.17) is 0 Å². The number of nitrogens with one attached hydrogen (secondary N) is 3. The Balaban J connectivity index is 1.30. The number of urea groups is 1. The lowest BCUT2D eigenvalue weighted by Gasteiger charge is -2.10. The number of carbonyl (C=O) groups excluding carboxylic acids is 1. The molecular formula is C22H20N6O. The molecule has 0 fully saturated rings. The lowest BCUT2D eigenvalue weighted by Crippen LogP contribution is -2.19. The van der Waals surface area contributed by atoms with Crippen molar-refractivity contribution in [2.24, 2.45) is 0 Å². The minimum Gasteiger partial charge on any atom is -0.369 e. The number of para-hydroxylation sites is 1. The van der Waals surface area contributed by atoms with Gasteiger partial charge in [-0.15, -0.1) is 0 Å². The first kappa shape index (κ1) is 18.4. The van der Waals surface area contributed by atoms with Crippen molar-refractivity contribution in [3.05, 3.63) is 84.9 Å². The molecule has 2 aromatic heterocycles. The second-order valence-corrected chi connectivity index (χ2v) is 6.43. The molecule has 0 bridgehead atoms. The summed E-state index contributed by atoms with van der Waals surface area (Å²) in [6, 6.07) is 18.8. The zero-order valence-electron chi connectivity index (χ0n) is 15.7. The standard InChI is InChI=1S/C22H20N6O/c29-22(27-17-4-2-1-3-5-17)28-18-8-6-16(7-9-18)10-13-24-21-19-11-12-23-14-20(19)25-15-26-21/h1-9,11-12,14-15H,10,13H2,(H,24,25,26)(H2,27,28,29). The highest BCUT2D eigenvalue weighted by Crippen LogP contribution is 2.17. The molecule has 0 atom stereocenters. The third-order valence-electron chi connectivity index (χ3n) is 4.39. The van der Waals surface area contributed by atoms with Gasteiger partial charge in [-0.05, 0) is 42.3 Å². The highest BCUT2D eigenvalue weighted by molar-refractivity contribution is 5.99. The predicted molar refractivity (Wildman–Crippen MR) is 115 cm³/mol. The monoisotopic (exact) mass is 384 g/mol. The number of benzene rings is 2. The molecule has 0 aliphatic heterocycles. The molecule has 0 saturated heterocycles. The molecule has 144 valence electrons. The van der Waals surface area contributed by atoms with Crippen molar-refractivity contribution in [3.8, 4) is 0 Å². The molecule has 2 aromatic carbocycles. The Labute approximate surface area is 168 Å². The van der Waals surface area contributed by atoms with Crippen LogP contribution in [-0.2, 0) is 6.42 Å². The first-order chi connectivity index (χ1) is 14.3. The van der Waals surface area contributed by atoms with Crippen LogP contribution < -0.4 is 16.0 Å². The van der Waals surface area contributed by atoms with Crippen molar-refractivity contribution >= 4 is 34.1 Å². The second kappa shape index (κ2) is 8.79. The maximum Gasteiger partial charge on any atom is 0.323 e. The fraction of sp³-hybridized carbons (Fsp3) is 0.0909. The van der Waals surface area contributed by atoms with Crippen LogP contribution in [0.5, 0.6) is 0 Å². The summed E-state index contributed by atoms with van der Waals surface area (Å²) < 4.78 is 0. The van der Waals surface area contributed by atoms with Gasteiger partial charge in [-0.3, -0.25) is 4.98 Å². The summed E-state index contributed by atoms with van der Waals surface area (Å²) in [6.07, 6.45) is 5.82. The Morgan fingerprint density at radius 2 is 1.62 bits per heavy atom. The molecule has 4 aromatic rings. The number of anilines is 3. The molecule has 0 saturated carbocycles. The number of aromatic nitrogens is 3. The zero-order valence-corrected chi connectivity index (χ0v) is 15.7. The first-order valence-corrected chi connectivity index (χ1v) is 9.28. The van der Waals surface area contributed by atoms with Crippen LogP contribution in [0.15, 0.2) is 79.4 Å². The fourth-order valence-corrected chi connectivity index (χ4v) is 2.94. The topological polar surface area (TPSA) is 91.8 Å². The van der Waals surface area contributed by atoms with Gasteiger partial charge in [0.25, 0.3) is 0 Å². The van der Waals surface area contributed by atoms with Gasteiger partial charge in [-0.25, -0.2) is 14.8 Å². The van der Waals surface area contributed by atoms with Gasteiger partial charge in [-0.2, -0.15) is 0 Å². The Morgan fingerprint density at radius 3 is 2.41 bits per heavy atom. The summed E-state index contributed by atoms with van der Waals surface area (Å²) in [4.78, 5) is 24.7. The molecule has 0 unspecified atom stereocenters. The number of nitrogens with zero attached hydrogens (tertiary/aromatic N) is 3. The molecule has 2 amide bonds. The van der Waals surface area contributed by atoms with E-state index in [0.717, 1.165) is 46.6 Å². The van der Waals surface area contributed by atoms with Gasteiger partial charge in [0.15, 0.2) is 0 Å². The van der Waals surface area contributed by atoms with Crippen LogP contribution in [0.4, 0.5) is 22.0 Å². The molecule has 0 spiro atoms. The van der Waals surface area contributed by atoms with Crippen molar-refractivity contribution in [2.45, 2.75) is 6.42 Å². The number of rotatable bonds is 6. The van der Waals surface area contributed by atoms with E-state index in [-0.39, 0.29) is 6.03 Å². The van der Waals surface area contributed by atoms with Crippen LogP contribution in [0.1, 0.15) is 5.56 Å². The molecule has 0 radical (unpaired) electrons. The SMILES string of the molecule is O=C(Nc1ccccc1)Nc1ccc(CCNc2ncnc3cnccc23)cc1. The van der Waals surface area contributed by atoms with E-state index in [1.54, 1.807) is 12.4 Å². The number of fused-ring (bicyclic) bond motifs is 1. The van der Waals surface area contributed by atoms with E-state index < -0.39 is 0 Å². The second-order valence-electron chi connectivity index (χ2n) is 6.43. The molecule has 29 heavy (non-hydrogen) atoms. The van der Waals surface area contributed by atoms with E-state index in [1.807, 2.05) is 60.7 Å². The quantitative estimate of drug-likeness (QED) is 0.460. The molecule has 0 aliphatic rings. The van der Waals surface area contributed by atoms with Gasteiger partial charge in [0.1, 0.15) is 12.1 Å². The lowest BCUT2D eigenvalue weighted by atomic mass is 10.1. The van der Waals surface area contributed by atoms with Gasteiger partial charge in [0.05, 0.1) is 11.7 Å². The average molecular weight is 384 g/mol. The normalized spacial score (nSPS) is 10.5. The average Bonchev–Trinajstić information content (AvgIpc) is 2.76. The van der Waals surface area contributed by atoms with E-state index in [0.29, 0.717) is 0 Å². The Morgan fingerprint density at radius 1 is 0.862 bits per heavy atom. The van der Waals surface area contributed by atoms with Crippen molar-refractivity contribution < 1.29 is 4.79 Å². The van der Waals surface area contributed by atoms with Crippen LogP contribution in [-0.4, -0.2) is 27.5 Å². The van der Waals surface area contributed by atoms with Crippen LogP contribution in [0, 0.1) is 0 Å². The summed E-state index contributed by atoms with van der Waals surface area (Å²) in [5.74, 6) is 0.799. The summed E-state index contributed by atoms with van der Waals surface area (Å²) in [5, 5.41) is 9.93. The number of pyridine rings is 1. The molecule has 7 heteroatoms. The molecule has 3 N–H and O–H groups in total. The van der Waals surface area contributed by atoms with E-state index in [1.165, 1.54) is 6.33 Å². The van der Waals surface area contributed by atoms with Gasteiger partial charge in [-0.1, -0.05) is 30.3 Å². The Kier molecular flexibility index (Phi) is 5.57. The van der Waals surface area contributed by atoms with Crippen LogP contribution in [0.25, 0.3) is 10.9 Å². The minimum atomic E-state index is -0.268. The summed E-state index contributed by atoms with van der Waals surface area (Å²) >= 11 is 0. The maximum atomic E-state index is 12.1. The van der Waals surface area contributed by atoms with E-state index in [9.17, 15) is 4.79 Å². The number of hydrogen-bond donors (Lipinski definition) is 3. The molecular weight excluding hydrogens is 364 g/mol. The molecule has 4 rings (SSSR count). The smallest absolute Gasteiger partial charge is 0.323 e. The van der Waals surface area contributed by atoms with Gasteiger partial charge in [0.2, 0.25) is 0 Å². The van der Waals surface area contributed by atoms with E-state index in [2.05, 4.69) is 30.9 Å². The van der Waals surface area contributed by atoms with Crippen molar-refractivity contribution in [1.29, 1.82) is 0 Å². The Bertz CT molecular complexity index is 1090. The van der Waals surface area contributed by atoms with Crippen molar-refractivity contribution in [3.63, 3.8) is 0 Å². The minimum absolute atomic E-state index is 0.268. The highest BCUT2D eigenvalue weighted by Gasteiger charge is 2.04.